The predicted octanol–water partition coefficient (Wildman–Crippen LogP) is 3.26. The van der Waals surface area contributed by atoms with Crippen molar-refractivity contribution in [3.8, 4) is 5.75 Å². The lowest BCUT2D eigenvalue weighted by molar-refractivity contribution is -0.132. The molecular weight excluding hydrogens is 392 g/mol. The molecule has 0 N–H and O–H groups in total. The lowest BCUT2D eigenvalue weighted by Gasteiger charge is -2.34. The Morgan fingerprint density at radius 1 is 0.966 bits per heavy atom. The monoisotopic (exact) mass is 412 g/mol. The van der Waals surface area contributed by atoms with Gasteiger partial charge in [0.1, 0.15) is 5.75 Å². The Hall–Kier alpha value is -3.12. The van der Waals surface area contributed by atoms with Crippen molar-refractivity contribution < 1.29 is 19.1 Å². The highest BCUT2D eigenvalue weighted by Crippen LogP contribution is 2.17. The molecule has 0 bridgehead atoms. The number of benzene rings is 2. The smallest absolute Gasteiger partial charge is 0.308 e. The first-order valence-electron chi connectivity index (χ1n) is 9.23. The summed E-state index contributed by atoms with van der Waals surface area (Å²) in [6.45, 7) is 3.11. The average Bonchev–Trinajstić information content (AvgIpc) is 2.72. The van der Waals surface area contributed by atoms with E-state index in [0.29, 0.717) is 42.5 Å². The molecule has 1 saturated heterocycles. The van der Waals surface area contributed by atoms with Crippen LogP contribution in [0.1, 0.15) is 22.8 Å². The van der Waals surface area contributed by atoms with Crippen LogP contribution in [0.5, 0.6) is 5.75 Å². The van der Waals surface area contributed by atoms with E-state index in [-0.39, 0.29) is 11.8 Å². The molecule has 0 aromatic heterocycles. The number of ether oxygens (including phenoxy) is 1. The summed E-state index contributed by atoms with van der Waals surface area (Å²) >= 11 is 5.86. The van der Waals surface area contributed by atoms with E-state index < -0.39 is 5.97 Å². The molecule has 0 aliphatic carbocycles. The Bertz CT molecular complexity index is 932. The molecule has 150 valence electrons. The topological polar surface area (TPSA) is 66.9 Å². The molecule has 29 heavy (non-hydrogen) atoms. The van der Waals surface area contributed by atoms with Gasteiger partial charge in [0, 0.05) is 49.8 Å². The van der Waals surface area contributed by atoms with Gasteiger partial charge >= 0.3 is 5.97 Å². The third-order valence-corrected chi connectivity index (χ3v) is 4.76. The number of carbonyl (C=O) groups excluding carboxylic acids is 3. The quantitative estimate of drug-likeness (QED) is 0.439. The van der Waals surface area contributed by atoms with Crippen molar-refractivity contribution in [2.45, 2.75) is 6.92 Å². The Morgan fingerprint density at radius 3 is 2.28 bits per heavy atom. The van der Waals surface area contributed by atoms with E-state index in [1.54, 1.807) is 52.3 Å². The fourth-order valence-corrected chi connectivity index (χ4v) is 3.14. The first kappa shape index (κ1) is 20.6. The van der Waals surface area contributed by atoms with Gasteiger partial charge in [0.05, 0.1) is 0 Å². The Balaban J connectivity index is 1.55. The van der Waals surface area contributed by atoms with E-state index >= 15 is 0 Å². The zero-order valence-electron chi connectivity index (χ0n) is 16.0. The highest BCUT2D eigenvalue weighted by molar-refractivity contribution is 6.30. The zero-order chi connectivity index (χ0) is 20.8. The van der Waals surface area contributed by atoms with Crippen LogP contribution in [0.2, 0.25) is 5.02 Å². The summed E-state index contributed by atoms with van der Waals surface area (Å²) in [6, 6.07) is 13.8. The molecule has 1 fully saturated rings. The summed E-state index contributed by atoms with van der Waals surface area (Å²) in [7, 11) is 0. The van der Waals surface area contributed by atoms with Gasteiger partial charge in [-0.1, -0.05) is 29.8 Å². The van der Waals surface area contributed by atoms with Crippen molar-refractivity contribution >= 4 is 35.5 Å². The second kappa shape index (κ2) is 9.39. The summed E-state index contributed by atoms with van der Waals surface area (Å²) < 4.78 is 5.03. The number of esters is 1. The second-order valence-electron chi connectivity index (χ2n) is 6.62. The van der Waals surface area contributed by atoms with Crippen molar-refractivity contribution in [2.24, 2.45) is 0 Å². The van der Waals surface area contributed by atoms with E-state index in [4.69, 9.17) is 16.3 Å². The van der Waals surface area contributed by atoms with Crippen molar-refractivity contribution in [3.63, 3.8) is 0 Å². The number of hydrogen-bond donors (Lipinski definition) is 0. The van der Waals surface area contributed by atoms with Crippen LogP contribution in [0.25, 0.3) is 6.08 Å². The first-order valence-corrected chi connectivity index (χ1v) is 9.60. The highest BCUT2D eigenvalue weighted by Gasteiger charge is 2.24. The Morgan fingerprint density at radius 2 is 1.62 bits per heavy atom. The second-order valence-corrected chi connectivity index (χ2v) is 7.06. The summed E-state index contributed by atoms with van der Waals surface area (Å²) in [4.78, 5) is 39.6. The van der Waals surface area contributed by atoms with Gasteiger partial charge in [0.15, 0.2) is 0 Å². The Kier molecular flexibility index (Phi) is 6.67. The van der Waals surface area contributed by atoms with Gasteiger partial charge < -0.3 is 14.5 Å². The normalized spacial score (nSPS) is 14.1. The maximum atomic E-state index is 12.7. The molecule has 1 aliphatic rings. The summed E-state index contributed by atoms with van der Waals surface area (Å²) in [6.07, 6.45) is 3.28. The van der Waals surface area contributed by atoms with Crippen LogP contribution < -0.4 is 4.74 Å². The molecule has 2 amide bonds. The predicted molar refractivity (Wildman–Crippen MR) is 111 cm³/mol. The molecule has 3 rings (SSSR count). The maximum Gasteiger partial charge on any atom is 0.308 e. The van der Waals surface area contributed by atoms with Crippen molar-refractivity contribution in [1.29, 1.82) is 0 Å². The molecular formula is C22H21ClN2O4. The standard InChI is InChI=1S/C22H21ClN2O4/c1-16(26)29-20-4-2-3-18(15-20)22(28)25-13-11-24(12-14-25)21(27)10-7-17-5-8-19(23)9-6-17/h2-10,15H,11-14H2,1H3/b10-7+. The van der Waals surface area contributed by atoms with Crippen LogP contribution in [0.15, 0.2) is 54.6 Å². The number of amides is 2. The molecule has 2 aromatic carbocycles. The van der Waals surface area contributed by atoms with Gasteiger partial charge in [-0.25, -0.2) is 0 Å². The van der Waals surface area contributed by atoms with Crippen LogP contribution in [0, 0.1) is 0 Å². The van der Waals surface area contributed by atoms with E-state index in [2.05, 4.69) is 0 Å². The molecule has 0 unspecified atom stereocenters. The van der Waals surface area contributed by atoms with Gasteiger partial charge in [0.2, 0.25) is 5.91 Å². The molecule has 7 heteroatoms. The van der Waals surface area contributed by atoms with Gasteiger partial charge in [0.25, 0.3) is 5.91 Å². The highest BCUT2D eigenvalue weighted by atomic mass is 35.5. The van der Waals surface area contributed by atoms with E-state index in [9.17, 15) is 14.4 Å². The minimum absolute atomic E-state index is 0.0936. The molecule has 0 radical (unpaired) electrons. The van der Waals surface area contributed by atoms with Gasteiger partial charge in [-0.15, -0.1) is 0 Å². The number of piperazine rings is 1. The fourth-order valence-electron chi connectivity index (χ4n) is 3.02. The van der Waals surface area contributed by atoms with E-state index in [1.807, 2.05) is 12.1 Å². The minimum Gasteiger partial charge on any atom is -0.427 e. The number of carbonyl (C=O) groups is 3. The van der Waals surface area contributed by atoms with Gasteiger partial charge in [-0.05, 0) is 42.0 Å². The maximum absolute atomic E-state index is 12.7. The van der Waals surface area contributed by atoms with E-state index in [0.717, 1.165) is 5.56 Å². The molecule has 2 aromatic rings. The van der Waals surface area contributed by atoms with Crippen molar-refractivity contribution in [1.82, 2.24) is 9.80 Å². The summed E-state index contributed by atoms with van der Waals surface area (Å²) in [5.74, 6) is -0.343. The van der Waals surface area contributed by atoms with Crippen LogP contribution >= 0.6 is 11.6 Å². The van der Waals surface area contributed by atoms with Crippen LogP contribution in [-0.2, 0) is 9.59 Å². The lowest BCUT2D eigenvalue weighted by atomic mass is 10.1. The van der Waals surface area contributed by atoms with Gasteiger partial charge in [-0.3, -0.25) is 14.4 Å². The molecule has 1 aliphatic heterocycles. The van der Waals surface area contributed by atoms with E-state index in [1.165, 1.54) is 13.0 Å². The van der Waals surface area contributed by atoms with Gasteiger partial charge in [-0.2, -0.15) is 0 Å². The largest absolute Gasteiger partial charge is 0.427 e. The van der Waals surface area contributed by atoms with Crippen molar-refractivity contribution in [2.75, 3.05) is 26.2 Å². The SMILES string of the molecule is CC(=O)Oc1cccc(C(=O)N2CCN(C(=O)/C=C/c3ccc(Cl)cc3)CC2)c1. The molecule has 0 spiro atoms. The zero-order valence-corrected chi connectivity index (χ0v) is 16.8. The van der Waals surface area contributed by atoms with Crippen LogP contribution in [0.3, 0.4) is 0 Å². The molecule has 6 nitrogen and oxygen atoms in total. The third-order valence-electron chi connectivity index (χ3n) is 4.51. The summed E-state index contributed by atoms with van der Waals surface area (Å²) in [5.41, 5.74) is 1.34. The fraction of sp³-hybridized carbons (Fsp3) is 0.227. The van der Waals surface area contributed by atoms with Crippen LogP contribution in [-0.4, -0.2) is 53.8 Å². The Labute approximate surface area is 174 Å². The number of halogens is 1. The number of nitrogens with zero attached hydrogens (tertiary/aromatic N) is 2. The summed E-state index contributed by atoms with van der Waals surface area (Å²) in [5, 5.41) is 0.646. The number of hydrogen-bond acceptors (Lipinski definition) is 4. The molecule has 0 saturated carbocycles. The number of rotatable bonds is 4. The third kappa shape index (κ3) is 5.68. The first-order chi connectivity index (χ1) is 13.9. The molecule has 0 atom stereocenters. The minimum atomic E-state index is -0.437. The van der Waals surface area contributed by atoms with Crippen molar-refractivity contribution in [3.05, 3.63) is 70.8 Å². The van der Waals surface area contributed by atoms with Crippen LogP contribution in [0.4, 0.5) is 0 Å². The lowest BCUT2D eigenvalue weighted by Crippen LogP contribution is -2.50. The molecule has 1 heterocycles. The average molecular weight is 413 g/mol.